The van der Waals surface area contributed by atoms with Crippen LogP contribution in [0.1, 0.15) is 33.5 Å². The van der Waals surface area contributed by atoms with E-state index in [4.69, 9.17) is 0 Å². The number of nitrogens with zero attached hydrogens (tertiary/aromatic N) is 3. The quantitative estimate of drug-likeness (QED) is 0.898. The highest BCUT2D eigenvalue weighted by Gasteiger charge is 2.46. The average Bonchev–Trinajstić information content (AvgIpc) is 2.79. The Morgan fingerprint density at radius 3 is 2.52 bits per heavy atom. The van der Waals surface area contributed by atoms with Crippen LogP contribution in [0.4, 0.5) is 0 Å². The lowest BCUT2D eigenvalue weighted by molar-refractivity contribution is -0.156. The second-order valence-electron chi connectivity index (χ2n) is 6.41. The number of aromatic nitrogens is 2. The minimum Gasteiger partial charge on any atom is -0.342 e. The van der Waals surface area contributed by atoms with E-state index < -0.39 is 11.6 Å². The third-order valence-electron chi connectivity index (χ3n) is 4.20. The van der Waals surface area contributed by atoms with Crippen molar-refractivity contribution in [2.75, 3.05) is 6.54 Å². The van der Waals surface area contributed by atoms with Crippen LogP contribution in [0.5, 0.6) is 0 Å². The van der Waals surface area contributed by atoms with Crippen molar-refractivity contribution in [1.29, 1.82) is 0 Å². The van der Waals surface area contributed by atoms with Gasteiger partial charge in [-0.15, -0.1) is 0 Å². The molecule has 6 heteroatoms. The molecule has 0 spiro atoms. The highest BCUT2D eigenvalue weighted by atomic mass is 16.2. The number of carbonyl (C=O) groups excluding carboxylic acids is 2. The Bertz CT molecular complexity index is 548. The summed E-state index contributed by atoms with van der Waals surface area (Å²) in [5.41, 5.74) is -0.822. The van der Waals surface area contributed by atoms with E-state index in [2.05, 4.69) is 10.3 Å². The molecule has 1 aromatic heterocycles. The van der Waals surface area contributed by atoms with E-state index in [0.717, 1.165) is 5.82 Å². The molecule has 1 aliphatic heterocycles. The summed E-state index contributed by atoms with van der Waals surface area (Å²) in [4.78, 5) is 30.8. The molecule has 1 aliphatic rings. The largest absolute Gasteiger partial charge is 0.342 e. The maximum Gasteiger partial charge on any atom is 0.246 e. The molecule has 0 aliphatic carbocycles. The molecule has 1 saturated heterocycles. The number of amides is 2. The SMILES string of the molecule is Cc1nccn1CCN1C(=O)C(C(C)C)NC(=O)C1(C)C. The van der Waals surface area contributed by atoms with Crippen molar-refractivity contribution in [1.82, 2.24) is 19.8 Å². The lowest BCUT2D eigenvalue weighted by Gasteiger charge is -2.45. The molecule has 1 N–H and O–H groups in total. The van der Waals surface area contributed by atoms with E-state index in [9.17, 15) is 9.59 Å². The molecular weight excluding hydrogens is 268 g/mol. The van der Waals surface area contributed by atoms with Crippen LogP contribution in [0, 0.1) is 12.8 Å². The first kappa shape index (κ1) is 15.5. The fourth-order valence-corrected chi connectivity index (χ4v) is 2.63. The van der Waals surface area contributed by atoms with Crippen LogP contribution in [0.2, 0.25) is 0 Å². The lowest BCUT2D eigenvalue weighted by Crippen LogP contribution is -2.69. The average molecular weight is 292 g/mol. The number of imidazole rings is 1. The predicted octanol–water partition coefficient (Wildman–Crippen LogP) is 0.953. The van der Waals surface area contributed by atoms with Crippen molar-refractivity contribution in [3.05, 3.63) is 18.2 Å². The second kappa shape index (κ2) is 5.50. The maximum absolute atomic E-state index is 12.7. The molecule has 1 aromatic rings. The van der Waals surface area contributed by atoms with E-state index in [1.807, 2.05) is 31.5 Å². The van der Waals surface area contributed by atoms with Gasteiger partial charge in [-0.25, -0.2) is 4.98 Å². The third kappa shape index (κ3) is 2.80. The fourth-order valence-electron chi connectivity index (χ4n) is 2.63. The zero-order chi connectivity index (χ0) is 15.8. The second-order valence-corrected chi connectivity index (χ2v) is 6.41. The van der Waals surface area contributed by atoms with Gasteiger partial charge in [-0.1, -0.05) is 13.8 Å². The summed E-state index contributed by atoms with van der Waals surface area (Å²) in [5.74, 6) is 0.882. The molecule has 1 atom stereocenters. The minimum absolute atomic E-state index is 0.00707. The van der Waals surface area contributed by atoms with Crippen LogP contribution in [-0.4, -0.2) is 44.4 Å². The number of carbonyl (C=O) groups is 2. The van der Waals surface area contributed by atoms with Crippen molar-refractivity contribution in [2.45, 2.75) is 52.7 Å². The molecule has 0 saturated carbocycles. The topological polar surface area (TPSA) is 67.2 Å². The number of hydrogen-bond acceptors (Lipinski definition) is 3. The molecule has 2 rings (SSSR count). The van der Waals surface area contributed by atoms with E-state index in [-0.39, 0.29) is 17.7 Å². The lowest BCUT2D eigenvalue weighted by atomic mass is 9.91. The van der Waals surface area contributed by atoms with E-state index in [0.29, 0.717) is 13.1 Å². The Morgan fingerprint density at radius 1 is 1.33 bits per heavy atom. The first-order valence-electron chi connectivity index (χ1n) is 7.35. The zero-order valence-corrected chi connectivity index (χ0v) is 13.4. The summed E-state index contributed by atoms with van der Waals surface area (Å²) in [5, 5.41) is 2.84. The van der Waals surface area contributed by atoms with E-state index in [1.54, 1.807) is 24.9 Å². The summed E-state index contributed by atoms with van der Waals surface area (Å²) < 4.78 is 1.99. The molecule has 1 unspecified atom stereocenters. The van der Waals surface area contributed by atoms with Crippen molar-refractivity contribution in [2.24, 2.45) is 5.92 Å². The Morgan fingerprint density at radius 2 is 2.00 bits per heavy atom. The number of piperazine rings is 1. The van der Waals surface area contributed by atoms with Gasteiger partial charge < -0.3 is 14.8 Å². The molecule has 21 heavy (non-hydrogen) atoms. The monoisotopic (exact) mass is 292 g/mol. The van der Waals surface area contributed by atoms with Gasteiger partial charge in [0.05, 0.1) is 0 Å². The van der Waals surface area contributed by atoms with Crippen LogP contribution in [-0.2, 0) is 16.1 Å². The van der Waals surface area contributed by atoms with Crippen molar-refractivity contribution in [3.63, 3.8) is 0 Å². The normalized spacial score (nSPS) is 21.8. The summed E-state index contributed by atoms with van der Waals surface area (Å²) in [6, 6.07) is -0.436. The molecule has 0 bridgehead atoms. The Balaban J connectivity index is 2.18. The van der Waals surface area contributed by atoms with Crippen LogP contribution < -0.4 is 5.32 Å². The minimum atomic E-state index is -0.822. The maximum atomic E-state index is 12.7. The van der Waals surface area contributed by atoms with Gasteiger partial charge in [0.2, 0.25) is 11.8 Å². The number of aryl methyl sites for hydroxylation is 1. The molecule has 0 radical (unpaired) electrons. The fraction of sp³-hybridized carbons (Fsp3) is 0.667. The first-order valence-corrected chi connectivity index (χ1v) is 7.35. The van der Waals surface area contributed by atoms with Gasteiger partial charge in [0.25, 0.3) is 0 Å². The van der Waals surface area contributed by atoms with Gasteiger partial charge in [-0.2, -0.15) is 0 Å². The summed E-state index contributed by atoms with van der Waals surface area (Å²) >= 11 is 0. The van der Waals surface area contributed by atoms with E-state index in [1.165, 1.54) is 0 Å². The Hall–Kier alpha value is -1.85. The van der Waals surface area contributed by atoms with Crippen LogP contribution in [0.15, 0.2) is 12.4 Å². The molecule has 2 amide bonds. The van der Waals surface area contributed by atoms with Crippen LogP contribution in [0.25, 0.3) is 0 Å². The van der Waals surface area contributed by atoms with Gasteiger partial charge in [0.15, 0.2) is 0 Å². The zero-order valence-electron chi connectivity index (χ0n) is 13.4. The van der Waals surface area contributed by atoms with Crippen molar-refractivity contribution >= 4 is 11.8 Å². The summed E-state index contributed by atoms with van der Waals surface area (Å²) in [6.45, 7) is 10.5. The molecule has 2 heterocycles. The summed E-state index contributed by atoms with van der Waals surface area (Å²) in [7, 11) is 0. The number of rotatable bonds is 4. The van der Waals surface area contributed by atoms with Crippen molar-refractivity contribution in [3.8, 4) is 0 Å². The van der Waals surface area contributed by atoms with Gasteiger partial charge in [0.1, 0.15) is 17.4 Å². The third-order valence-corrected chi connectivity index (χ3v) is 4.20. The smallest absolute Gasteiger partial charge is 0.246 e. The Kier molecular flexibility index (Phi) is 4.07. The first-order chi connectivity index (χ1) is 9.75. The van der Waals surface area contributed by atoms with Crippen LogP contribution >= 0.6 is 0 Å². The number of hydrogen-bond donors (Lipinski definition) is 1. The van der Waals surface area contributed by atoms with Crippen LogP contribution in [0.3, 0.4) is 0 Å². The molecule has 0 aromatic carbocycles. The van der Waals surface area contributed by atoms with Gasteiger partial charge in [-0.05, 0) is 26.7 Å². The Labute approximate surface area is 125 Å². The number of nitrogens with one attached hydrogen (secondary N) is 1. The van der Waals surface area contributed by atoms with Gasteiger partial charge >= 0.3 is 0 Å². The summed E-state index contributed by atoms with van der Waals surface area (Å²) in [6.07, 6.45) is 3.62. The molecular formula is C15H24N4O2. The standard InChI is InChI=1S/C15H24N4O2/c1-10(2)12-13(20)19(15(4,5)14(21)17-12)9-8-18-7-6-16-11(18)3/h6-7,10,12H,8-9H2,1-5H3,(H,17,21). The highest BCUT2D eigenvalue weighted by Crippen LogP contribution is 2.23. The van der Waals surface area contributed by atoms with E-state index >= 15 is 0 Å². The predicted molar refractivity (Wildman–Crippen MR) is 79.5 cm³/mol. The molecule has 116 valence electrons. The highest BCUT2D eigenvalue weighted by molar-refractivity contribution is 5.99. The van der Waals surface area contributed by atoms with Gasteiger partial charge in [-0.3, -0.25) is 9.59 Å². The molecule has 1 fully saturated rings. The van der Waals surface area contributed by atoms with Gasteiger partial charge in [0, 0.05) is 25.5 Å². The van der Waals surface area contributed by atoms with Crippen molar-refractivity contribution < 1.29 is 9.59 Å². The molecule has 6 nitrogen and oxygen atoms in total.